The summed E-state index contributed by atoms with van der Waals surface area (Å²) >= 11 is 0. The van der Waals surface area contributed by atoms with E-state index in [4.69, 9.17) is 9.05 Å². The highest BCUT2D eigenvalue weighted by atomic mass is 31.2. The number of hydrogen-bond acceptors (Lipinski definition) is 4. The summed E-state index contributed by atoms with van der Waals surface area (Å²) in [6.45, 7) is 3.67. The first-order valence-electron chi connectivity index (χ1n) is 3.72. The van der Waals surface area contributed by atoms with Crippen molar-refractivity contribution in [1.82, 2.24) is 5.32 Å². The van der Waals surface area contributed by atoms with Crippen molar-refractivity contribution in [2.24, 2.45) is 0 Å². The van der Waals surface area contributed by atoms with Gasteiger partial charge in [0.15, 0.2) is 0 Å². The van der Waals surface area contributed by atoms with Crippen molar-refractivity contribution in [3.05, 3.63) is 0 Å². The third kappa shape index (κ3) is 2.93. The van der Waals surface area contributed by atoms with Crippen LogP contribution in [0.1, 0.15) is 13.8 Å². The molecule has 12 heavy (non-hydrogen) atoms. The van der Waals surface area contributed by atoms with Gasteiger partial charge in [0.05, 0.1) is 13.2 Å². The van der Waals surface area contributed by atoms with E-state index in [0.29, 0.717) is 0 Å². The molecule has 0 unspecified atom stereocenters. The van der Waals surface area contributed by atoms with Crippen molar-refractivity contribution < 1.29 is 18.4 Å². The Hall–Kier alpha value is -0.380. The minimum Gasteiger partial charge on any atom is -0.349 e. The average molecular weight is 195 g/mol. The molecular weight excluding hydrogens is 181 g/mol. The molecule has 0 aromatic rings. The van der Waals surface area contributed by atoms with Gasteiger partial charge in [0.2, 0.25) is 0 Å². The highest BCUT2D eigenvalue weighted by Crippen LogP contribution is 2.48. The molecule has 0 saturated heterocycles. The fourth-order valence-corrected chi connectivity index (χ4v) is 1.89. The summed E-state index contributed by atoms with van der Waals surface area (Å²) in [4.78, 5) is 11.0. The molecule has 0 aromatic heterocycles. The molecule has 6 heteroatoms. The summed E-state index contributed by atoms with van der Waals surface area (Å²) in [5.41, 5.74) is -0.703. The maximum absolute atomic E-state index is 11.5. The number of carbonyl (C=O) groups is 1. The molecule has 0 fully saturated rings. The van der Waals surface area contributed by atoms with E-state index in [1.807, 2.05) is 0 Å². The molecule has 0 aromatic carbocycles. The number of amides is 1. The van der Waals surface area contributed by atoms with Gasteiger partial charge in [-0.25, -0.2) is 4.57 Å². The Morgan fingerprint density at radius 3 is 2.00 bits per heavy atom. The number of hydrogen-bond donors (Lipinski definition) is 1. The second kappa shape index (κ2) is 5.30. The Morgan fingerprint density at radius 2 is 1.75 bits per heavy atom. The summed E-state index contributed by atoms with van der Waals surface area (Å²) in [7, 11) is -2.18. The lowest BCUT2D eigenvalue weighted by Gasteiger charge is -2.14. The van der Waals surface area contributed by atoms with Gasteiger partial charge in [0.25, 0.3) is 0 Å². The minimum atomic E-state index is -3.56. The van der Waals surface area contributed by atoms with Crippen molar-refractivity contribution in [2.75, 3.05) is 20.3 Å². The summed E-state index contributed by atoms with van der Waals surface area (Å²) in [6, 6.07) is 0. The first-order chi connectivity index (χ1) is 5.60. The van der Waals surface area contributed by atoms with Crippen LogP contribution < -0.4 is 5.32 Å². The Bertz CT molecular complexity index is 184. The number of carbonyl (C=O) groups excluding carboxylic acids is 1. The zero-order valence-corrected chi connectivity index (χ0v) is 8.39. The van der Waals surface area contributed by atoms with Crippen LogP contribution in [0.5, 0.6) is 0 Å². The molecule has 0 saturated carbocycles. The lowest BCUT2D eigenvalue weighted by atomic mass is 10.9. The number of rotatable bonds is 5. The largest absolute Gasteiger partial charge is 0.418 e. The lowest BCUT2D eigenvalue weighted by Crippen LogP contribution is -2.18. The van der Waals surface area contributed by atoms with E-state index in [9.17, 15) is 9.36 Å². The van der Waals surface area contributed by atoms with Gasteiger partial charge in [-0.05, 0) is 13.8 Å². The van der Waals surface area contributed by atoms with Gasteiger partial charge in [0.1, 0.15) is 0 Å². The molecule has 0 spiro atoms. The third-order valence-electron chi connectivity index (χ3n) is 1.06. The van der Waals surface area contributed by atoms with Crippen LogP contribution in [-0.2, 0) is 13.6 Å². The first kappa shape index (κ1) is 11.6. The second-order valence-corrected chi connectivity index (χ2v) is 3.81. The SMILES string of the molecule is CCOP(=O)(OCC)C(=O)NC. The van der Waals surface area contributed by atoms with Gasteiger partial charge in [-0.1, -0.05) is 0 Å². The highest BCUT2D eigenvalue weighted by Gasteiger charge is 2.32. The molecule has 0 radical (unpaired) electrons. The van der Waals surface area contributed by atoms with E-state index in [0.717, 1.165) is 0 Å². The normalized spacial score (nSPS) is 11.2. The van der Waals surface area contributed by atoms with Gasteiger partial charge >= 0.3 is 13.2 Å². The lowest BCUT2D eigenvalue weighted by molar-refractivity contribution is 0.208. The molecule has 0 bridgehead atoms. The third-order valence-corrected chi connectivity index (χ3v) is 2.98. The molecule has 72 valence electrons. The maximum Gasteiger partial charge on any atom is 0.418 e. The molecule has 0 aliphatic carbocycles. The van der Waals surface area contributed by atoms with Gasteiger partial charge in [-0.2, -0.15) is 0 Å². The van der Waals surface area contributed by atoms with Crippen molar-refractivity contribution in [1.29, 1.82) is 0 Å². The summed E-state index contributed by atoms with van der Waals surface area (Å²) in [5, 5.41) is 2.22. The van der Waals surface area contributed by atoms with Crippen LogP contribution in [0, 0.1) is 0 Å². The number of nitrogens with one attached hydrogen (secondary N) is 1. The van der Waals surface area contributed by atoms with Gasteiger partial charge in [-0.15, -0.1) is 0 Å². The quantitative estimate of drug-likeness (QED) is 0.676. The van der Waals surface area contributed by atoms with E-state index in [1.165, 1.54) is 7.05 Å². The Kier molecular flexibility index (Phi) is 5.13. The van der Waals surface area contributed by atoms with Crippen LogP contribution in [0.25, 0.3) is 0 Å². The van der Waals surface area contributed by atoms with Crippen molar-refractivity contribution in [3.63, 3.8) is 0 Å². The van der Waals surface area contributed by atoms with Crippen molar-refractivity contribution >= 4 is 13.2 Å². The van der Waals surface area contributed by atoms with E-state index in [1.54, 1.807) is 13.8 Å². The second-order valence-electron chi connectivity index (χ2n) is 1.89. The molecule has 5 nitrogen and oxygen atoms in total. The molecule has 0 aliphatic heterocycles. The molecule has 1 amide bonds. The van der Waals surface area contributed by atoms with E-state index >= 15 is 0 Å². The van der Waals surface area contributed by atoms with E-state index in [2.05, 4.69) is 5.32 Å². The smallest absolute Gasteiger partial charge is 0.349 e. The predicted octanol–water partition coefficient (Wildman–Crippen LogP) is 1.59. The van der Waals surface area contributed by atoms with Gasteiger partial charge < -0.3 is 14.4 Å². The zero-order chi connectivity index (χ0) is 9.61. The predicted molar refractivity (Wildman–Crippen MR) is 45.3 cm³/mol. The summed E-state index contributed by atoms with van der Waals surface area (Å²) in [6.07, 6.45) is 0. The first-order valence-corrected chi connectivity index (χ1v) is 5.26. The Balaban J connectivity index is 4.38. The monoisotopic (exact) mass is 195 g/mol. The van der Waals surface area contributed by atoms with Crippen LogP contribution in [0.15, 0.2) is 0 Å². The van der Waals surface area contributed by atoms with Crippen LogP contribution in [0.4, 0.5) is 4.79 Å². The maximum atomic E-state index is 11.5. The van der Waals surface area contributed by atoms with Crippen molar-refractivity contribution in [3.8, 4) is 0 Å². The molecule has 0 rings (SSSR count). The molecule has 0 heterocycles. The summed E-state index contributed by atoms with van der Waals surface area (Å²) < 4.78 is 21.0. The molecule has 0 atom stereocenters. The minimum absolute atomic E-state index is 0.185. The molecular formula is C6H14NO4P. The fraction of sp³-hybridized carbons (Fsp3) is 0.833. The van der Waals surface area contributed by atoms with Crippen molar-refractivity contribution in [2.45, 2.75) is 13.8 Å². The van der Waals surface area contributed by atoms with Gasteiger partial charge in [-0.3, -0.25) is 4.79 Å². The Labute approximate surface area is 72.0 Å². The molecule has 0 aliphatic rings. The van der Waals surface area contributed by atoms with Crippen LogP contribution >= 0.6 is 7.60 Å². The average Bonchev–Trinajstić information content (AvgIpc) is 2.04. The highest BCUT2D eigenvalue weighted by molar-refractivity contribution is 7.71. The topological polar surface area (TPSA) is 64.6 Å². The van der Waals surface area contributed by atoms with Crippen LogP contribution in [0.2, 0.25) is 0 Å². The van der Waals surface area contributed by atoms with Crippen LogP contribution in [-0.4, -0.2) is 25.9 Å². The molecule has 1 N–H and O–H groups in total. The van der Waals surface area contributed by atoms with E-state index in [-0.39, 0.29) is 13.2 Å². The zero-order valence-electron chi connectivity index (χ0n) is 7.49. The van der Waals surface area contributed by atoms with Crippen LogP contribution in [0.3, 0.4) is 0 Å². The standard InChI is InChI=1S/C6H14NO4P/c1-4-10-12(9,11-5-2)6(8)7-3/h4-5H2,1-3H3,(H,7,8). The Morgan fingerprint density at radius 1 is 1.33 bits per heavy atom. The van der Waals surface area contributed by atoms with E-state index < -0.39 is 13.2 Å². The summed E-state index contributed by atoms with van der Waals surface area (Å²) in [5.74, 6) is 0. The van der Waals surface area contributed by atoms with Gasteiger partial charge in [0, 0.05) is 7.05 Å². The fourth-order valence-electron chi connectivity index (χ4n) is 0.631.